The van der Waals surface area contributed by atoms with Gasteiger partial charge >= 0.3 is 10.6 Å². The largest absolute Gasteiger partial charge is 0.471 e. The van der Waals surface area contributed by atoms with Gasteiger partial charge in [0.1, 0.15) is 10.4 Å². The van der Waals surface area contributed by atoms with Crippen LogP contribution in [0.5, 0.6) is 0 Å². The van der Waals surface area contributed by atoms with E-state index in [1.54, 1.807) is 12.1 Å². The molecule has 1 aromatic rings. The summed E-state index contributed by atoms with van der Waals surface area (Å²) in [6.45, 7) is 0.165. The van der Waals surface area contributed by atoms with Gasteiger partial charge in [-0.1, -0.05) is 0 Å². The van der Waals surface area contributed by atoms with E-state index >= 15 is 0 Å². The third-order valence-corrected chi connectivity index (χ3v) is 4.66. The molecule has 0 fully saturated rings. The van der Waals surface area contributed by atoms with E-state index in [1.807, 2.05) is 0 Å². The van der Waals surface area contributed by atoms with Gasteiger partial charge in [0.2, 0.25) is 0 Å². The Morgan fingerprint density at radius 2 is 1.82 bits per heavy atom. The lowest BCUT2D eigenvalue weighted by Gasteiger charge is -2.33. The van der Waals surface area contributed by atoms with Crippen LogP contribution in [0.25, 0.3) is 0 Å². The maximum atomic E-state index is 11.2. The van der Waals surface area contributed by atoms with Crippen LogP contribution in [-0.4, -0.2) is 38.6 Å². The van der Waals surface area contributed by atoms with Gasteiger partial charge in [-0.25, -0.2) is 14.0 Å². The van der Waals surface area contributed by atoms with Gasteiger partial charge in [0.15, 0.2) is 0 Å². The second-order valence-corrected chi connectivity index (χ2v) is 5.58. The minimum atomic E-state index is -3.28. The van der Waals surface area contributed by atoms with E-state index in [0.717, 1.165) is 0 Å². The van der Waals surface area contributed by atoms with Crippen molar-refractivity contribution in [3.05, 3.63) is 24.5 Å². The zero-order chi connectivity index (χ0) is 12.5. The number of hydrogen-bond donors (Lipinski definition) is 2. The maximum Gasteiger partial charge on any atom is 0.394 e. The van der Waals surface area contributed by atoms with Crippen LogP contribution in [0.2, 0.25) is 0 Å². The number of carbonyl (C=O) groups is 2. The SMILES string of the molecule is O=C(O)S1(C(=O)O)N=CCN1c1ccncc1. The summed E-state index contributed by atoms with van der Waals surface area (Å²) < 4.78 is 4.97. The molecule has 0 amide bonds. The van der Waals surface area contributed by atoms with Crippen molar-refractivity contribution in [3.63, 3.8) is 0 Å². The van der Waals surface area contributed by atoms with Gasteiger partial charge in [-0.2, -0.15) is 0 Å². The van der Waals surface area contributed by atoms with Crippen molar-refractivity contribution < 1.29 is 19.8 Å². The van der Waals surface area contributed by atoms with E-state index in [2.05, 4.69) is 9.38 Å². The van der Waals surface area contributed by atoms with E-state index in [-0.39, 0.29) is 6.54 Å². The third-order valence-electron chi connectivity index (χ3n) is 2.23. The highest BCUT2D eigenvalue weighted by Gasteiger charge is 2.49. The molecule has 1 aromatic heterocycles. The molecule has 0 saturated carbocycles. The summed E-state index contributed by atoms with van der Waals surface area (Å²) in [5, 5.41) is 15.4. The molecule has 2 N–H and O–H groups in total. The van der Waals surface area contributed by atoms with Crippen molar-refractivity contribution in [2.75, 3.05) is 10.8 Å². The molecule has 0 aliphatic carbocycles. The van der Waals surface area contributed by atoms with Crippen molar-refractivity contribution >= 4 is 32.9 Å². The first-order valence-electron chi connectivity index (χ1n) is 4.60. The second kappa shape index (κ2) is 4.06. The van der Waals surface area contributed by atoms with E-state index in [1.165, 1.54) is 22.9 Å². The van der Waals surface area contributed by atoms with Gasteiger partial charge in [-0.05, 0) is 12.1 Å². The minimum Gasteiger partial charge on any atom is -0.471 e. The molecular weight excluding hydrogens is 246 g/mol. The summed E-state index contributed by atoms with van der Waals surface area (Å²) in [6, 6.07) is 3.12. The summed E-state index contributed by atoms with van der Waals surface area (Å²) in [4.78, 5) is 26.3. The van der Waals surface area contributed by atoms with Gasteiger partial charge in [-0.15, -0.1) is 0 Å². The molecule has 2 heterocycles. The molecule has 1 aliphatic heterocycles. The summed E-state index contributed by atoms with van der Waals surface area (Å²) >= 11 is 0. The lowest BCUT2D eigenvalue weighted by Crippen LogP contribution is -2.32. The number of anilines is 1. The Kier molecular flexibility index (Phi) is 2.72. The van der Waals surface area contributed by atoms with Gasteiger partial charge in [0.05, 0.1) is 12.2 Å². The van der Waals surface area contributed by atoms with E-state index in [9.17, 15) is 9.59 Å². The van der Waals surface area contributed by atoms with Crippen LogP contribution in [0.3, 0.4) is 0 Å². The fourth-order valence-corrected chi connectivity index (χ4v) is 3.31. The van der Waals surface area contributed by atoms with Crippen LogP contribution in [0, 0.1) is 0 Å². The van der Waals surface area contributed by atoms with E-state index in [4.69, 9.17) is 10.2 Å². The molecule has 1 aliphatic rings. The van der Waals surface area contributed by atoms with Crippen LogP contribution in [0.15, 0.2) is 28.9 Å². The Hall–Kier alpha value is -2.09. The number of carboxylic acid groups (broad SMARTS) is 2. The van der Waals surface area contributed by atoms with Gasteiger partial charge in [0.25, 0.3) is 0 Å². The molecule has 0 spiro atoms. The summed E-state index contributed by atoms with van der Waals surface area (Å²) in [6.07, 6.45) is 4.26. The molecular formula is C9H9N3O4S. The highest BCUT2D eigenvalue weighted by Crippen LogP contribution is 2.57. The van der Waals surface area contributed by atoms with E-state index in [0.29, 0.717) is 5.69 Å². The van der Waals surface area contributed by atoms with Crippen LogP contribution in [0.4, 0.5) is 15.3 Å². The topological polar surface area (TPSA) is 103 Å². The summed E-state index contributed by atoms with van der Waals surface area (Å²) in [7, 11) is -3.28. The van der Waals surface area contributed by atoms with Crippen LogP contribution in [-0.2, 0) is 0 Å². The molecule has 17 heavy (non-hydrogen) atoms. The highest BCUT2D eigenvalue weighted by atomic mass is 32.3. The molecule has 2 rings (SSSR count). The zero-order valence-corrected chi connectivity index (χ0v) is 9.37. The first kappa shape index (κ1) is 11.4. The van der Waals surface area contributed by atoms with E-state index < -0.39 is 21.0 Å². The summed E-state index contributed by atoms with van der Waals surface area (Å²) in [5.41, 5.74) is 0.484. The molecule has 90 valence electrons. The first-order valence-corrected chi connectivity index (χ1v) is 6.14. The zero-order valence-electron chi connectivity index (χ0n) is 8.55. The molecule has 0 radical (unpaired) electrons. The third kappa shape index (κ3) is 1.62. The lowest BCUT2D eigenvalue weighted by molar-refractivity contribution is 0.215. The number of pyridine rings is 1. The predicted octanol–water partition coefficient (Wildman–Crippen LogP) is 1.96. The predicted molar refractivity (Wildman–Crippen MR) is 63.7 cm³/mol. The number of hydrogen-bond acceptors (Lipinski definition) is 5. The Morgan fingerprint density at radius 3 is 2.35 bits per heavy atom. The van der Waals surface area contributed by atoms with Gasteiger partial charge in [0, 0.05) is 18.6 Å². The average Bonchev–Trinajstić information content (AvgIpc) is 2.75. The molecule has 0 unspecified atom stereocenters. The number of rotatable bonds is 1. The van der Waals surface area contributed by atoms with Crippen molar-refractivity contribution in [1.29, 1.82) is 0 Å². The standard InChI is InChI=1S/C9H9N3O4S/c13-8(14)17(9(15)16)11-5-6-12(17)7-1-3-10-4-2-7/h1-5H,6H2,(H,13,14)(H,15,16). The monoisotopic (exact) mass is 255 g/mol. The maximum absolute atomic E-state index is 11.2. The number of nitrogens with zero attached hydrogens (tertiary/aromatic N) is 3. The average molecular weight is 255 g/mol. The molecule has 0 bridgehead atoms. The smallest absolute Gasteiger partial charge is 0.394 e. The highest BCUT2D eigenvalue weighted by molar-refractivity contribution is 8.55. The Bertz CT molecular complexity index is 476. The molecule has 8 heteroatoms. The minimum absolute atomic E-state index is 0.165. The van der Waals surface area contributed by atoms with Crippen LogP contribution >= 0.6 is 10.4 Å². The van der Waals surface area contributed by atoms with Crippen molar-refractivity contribution in [1.82, 2.24) is 4.98 Å². The molecule has 0 aromatic carbocycles. The Labute approximate surface area is 98.0 Å². The fraction of sp³-hybridized carbons (Fsp3) is 0.111. The quantitative estimate of drug-likeness (QED) is 0.795. The van der Waals surface area contributed by atoms with Crippen LogP contribution < -0.4 is 4.31 Å². The van der Waals surface area contributed by atoms with Crippen molar-refractivity contribution in [2.45, 2.75) is 0 Å². The summed E-state index contributed by atoms with van der Waals surface area (Å²) in [5.74, 6) is 0. The number of aromatic nitrogens is 1. The first-order chi connectivity index (χ1) is 8.09. The molecule has 7 nitrogen and oxygen atoms in total. The van der Waals surface area contributed by atoms with Gasteiger partial charge in [-0.3, -0.25) is 9.29 Å². The Balaban J connectivity index is 2.49. The van der Waals surface area contributed by atoms with Crippen molar-refractivity contribution in [2.24, 2.45) is 4.40 Å². The van der Waals surface area contributed by atoms with Gasteiger partial charge < -0.3 is 10.2 Å². The normalized spacial score (nSPS) is 18.9. The second-order valence-electron chi connectivity index (χ2n) is 3.14. The van der Waals surface area contributed by atoms with Crippen LogP contribution in [0.1, 0.15) is 0 Å². The molecule has 0 atom stereocenters. The Morgan fingerprint density at radius 1 is 1.24 bits per heavy atom. The fourth-order valence-electron chi connectivity index (χ4n) is 1.50. The molecule has 0 saturated heterocycles. The van der Waals surface area contributed by atoms with Crippen molar-refractivity contribution in [3.8, 4) is 0 Å². The lowest BCUT2D eigenvalue weighted by atomic mass is 10.4.